The highest BCUT2D eigenvalue weighted by Gasteiger charge is 2.25. The molecule has 0 amide bonds. The zero-order valence-electron chi connectivity index (χ0n) is 11.1. The van der Waals surface area contributed by atoms with Crippen LogP contribution >= 0.6 is 11.3 Å². The molecule has 96 valence electrons. The van der Waals surface area contributed by atoms with Crippen LogP contribution < -0.4 is 5.73 Å². The molecule has 3 heteroatoms. The molecule has 17 heavy (non-hydrogen) atoms. The highest BCUT2D eigenvalue weighted by Crippen LogP contribution is 2.31. The van der Waals surface area contributed by atoms with E-state index in [1.165, 1.54) is 35.4 Å². The zero-order chi connectivity index (χ0) is 12.4. The smallest absolute Gasteiger partial charge is 0.0413 e. The monoisotopic (exact) mass is 252 g/mol. The molecule has 1 aromatic rings. The second-order valence-electron chi connectivity index (χ2n) is 5.36. The lowest BCUT2D eigenvalue weighted by Gasteiger charge is -2.36. The SMILES string of the molecule is Cc1ccc(C(C)N(C)C2CCC(N)CC2)s1. The maximum atomic E-state index is 5.97. The Balaban J connectivity index is 1.97. The maximum Gasteiger partial charge on any atom is 0.0413 e. The van der Waals surface area contributed by atoms with Gasteiger partial charge in [0, 0.05) is 27.9 Å². The number of nitrogens with two attached hydrogens (primary N) is 1. The van der Waals surface area contributed by atoms with E-state index >= 15 is 0 Å². The van der Waals surface area contributed by atoms with Crippen LogP contribution in [0.25, 0.3) is 0 Å². The van der Waals surface area contributed by atoms with Gasteiger partial charge < -0.3 is 5.73 Å². The fourth-order valence-electron chi connectivity index (χ4n) is 2.70. The number of rotatable bonds is 3. The maximum absolute atomic E-state index is 5.97. The average molecular weight is 252 g/mol. The first-order valence-corrected chi connectivity index (χ1v) is 7.43. The standard InChI is InChI=1S/C14H24N2S/c1-10-4-9-14(17-10)11(2)16(3)13-7-5-12(15)6-8-13/h4,9,11-13H,5-8,15H2,1-3H3. The third-order valence-electron chi connectivity index (χ3n) is 4.10. The number of aryl methyl sites for hydroxylation is 1. The van der Waals surface area contributed by atoms with Crippen LogP contribution in [0.4, 0.5) is 0 Å². The Hall–Kier alpha value is -0.380. The molecule has 0 radical (unpaired) electrons. The van der Waals surface area contributed by atoms with Crippen LogP contribution in [-0.4, -0.2) is 24.0 Å². The summed E-state index contributed by atoms with van der Waals surface area (Å²) in [7, 11) is 2.27. The molecule has 0 bridgehead atoms. The molecule has 0 spiro atoms. The summed E-state index contributed by atoms with van der Waals surface area (Å²) in [6, 6.07) is 6.19. The number of hydrogen-bond acceptors (Lipinski definition) is 3. The largest absolute Gasteiger partial charge is 0.328 e. The van der Waals surface area contributed by atoms with Crippen LogP contribution in [-0.2, 0) is 0 Å². The van der Waals surface area contributed by atoms with Crippen molar-refractivity contribution in [3.05, 3.63) is 21.9 Å². The van der Waals surface area contributed by atoms with Gasteiger partial charge in [0.05, 0.1) is 0 Å². The lowest BCUT2D eigenvalue weighted by molar-refractivity contribution is 0.142. The summed E-state index contributed by atoms with van der Waals surface area (Å²) < 4.78 is 0. The quantitative estimate of drug-likeness (QED) is 0.894. The molecule has 1 fully saturated rings. The number of thiophene rings is 1. The summed E-state index contributed by atoms with van der Waals surface area (Å²) in [5.41, 5.74) is 5.97. The summed E-state index contributed by atoms with van der Waals surface area (Å²) >= 11 is 1.92. The van der Waals surface area contributed by atoms with Crippen molar-refractivity contribution in [3.63, 3.8) is 0 Å². The predicted molar refractivity (Wildman–Crippen MR) is 75.5 cm³/mol. The van der Waals surface area contributed by atoms with Crippen LogP contribution in [0.5, 0.6) is 0 Å². The molecular formula is C14H24N2S. The molecule has 1 aromatic heterocycles. The van der Waals surface area contributed by atoms with Crippen molar-refractivity contribution >= 4 is 11.3 Å². The van der Waals surface area contributed by atoms with Gasteiger partial charge in [-0.2, -0.15) is 0 Å². The predicted octanol–water partition coefficient (Wildman–Crippen LogP) is 3.32. The number of hydrogen-bond donors (Lipinski definition) is 1. The Morgan fingerprint density at radius 2 is 1.94 bits per heavy atom. The molecule has 2 N–H and O–H groups in total. The van der Waals surface area contributed by atoms with Gasteiger partial charge in [-0.05, 0) is 58.7 Å². The van der Waals surface area contributed by atoms with E-state index in [1.807, 2.05) is 11.3 Å². The molecule has 1 saturated carbocycles. The zero-order valence-corrected chi connectivity index (χ0v) is 12.0. The fourth-order valence-corrected chi connectivity index (χ4v) is 3.68. The highest BCUT2D eigenvalue weighted by atomic mass is 32.1. The molecule has 1 atom stereocenters. The minimum absolute atomic E-state index is 0.443. The first kappa shape index (κ1) is 13.1. The molecular weight excluding hydrogens is 228 g/mol. The van der Waals surface area contributed by atoms with Gasteiger partial charge in [0.2, 0.25) is 0 Å². The van der Waals surface area contributed by atoms with Gasteiger partial charge in [-0.1, -0.05) is 0 Å². The molecule has 2 rings (SSSR count). The van der Waals surface area contributed by atoms with Gasteiger partial charge in [0.25, 0.3) is 0 Å². The third-order valence-corrected chi connectivity index (χ3v) is 5.27. The van der Waals surface area contributed by atoms with Crippen molar-refractivity contribution in [3.8, 4) is 0 Å². The Morgan fingerprint density at radius 3 is 2.47 bits per heavy atom. The van der Waals surface area contributed by atoms with E-state index in [2.05, 4.69) is 37.9 Å². The van der Waals surface area contributed by atoms with Crippen molar-refractivity contribution < 1.29 is 0 Å². The number of nitrogens with zero attached hydrogens (tertiary/aromatic N) is 1. The topological polar surface area (TPSA) is 29.3 Å². The van der Waals surface area contributed by atoms with Gasteiger partial charge in [-0.25, -0.2) is 0 Å². The summed E-state index contributed by atoms with van der Waals surface area (Å²) in [5.74, 6) is 0. The van der Waals surface area contributed by atoms with Crippen molar-refractivity contribution in [1.82, 2.24) is 4.90 Å². The molecule has 0 aromatic carbocycles. The molecule has 1 unspecified atom stereocenters. The first-order chi connectivity index (χ1) is 8.08. The summed E-state index contributed by atoms with van der Waals surface area (Å²) in [4.78, 5) is 5.43. The summed E-state index contributed by atoms with van der Waals surface area (Å²) in [6.45, 7) is 4.50. The third kappa shape index (κ3) is 3.09. The molecule has 0 saturated heterocycles. The van der Waals surface area contributed by atoms with Crippen molar-refractivity contribution in [2.45, 2.75) is 57.7 Å². The Labute approximate surface area is 109 Å². The van der Waals surface area contributed by atoms with Crippen molar-refractivity contribution in [1.29, 1.82) is 0 Å². The summed E-state index contributed by atoms with van der Waals surface area (Å²) in [5, 5.41) is 0. The normalized spacial score (nSPS) is 27.4. The van der Waals surface area contributed by atoms with Crippen LogP contribution in [0.15, 0.2) is 12.1 Å². The molecule has 1 heterocycles. The second kappa shape index (κ2) is 5.51. The molecule has 1 aliphatic rings. The van der Waals surface area contributed by atoms with Gasteiger partial charge in [0.15, 0.2) is 0 Å². The second-order valence-corrected chi connectivity index (χ2v) is 6.68. The first-order valence-electron chi connectivity index (χ1n) is 6.61. The average Bonchev–Trinajstić information content (AvgIpc) is 2.75. The van der Waals surface area contributed by atoms with Crippen LogP contribution in [0.1, 0.15) is 48.4 Å². The van der Waals surface area contributed by atoms with E-state index in [1.54, 1.807) is 0 Å². The minimum Gasteiger partial charge on any atom is -0.328 e. The Kier molecular flexibility index (Phi) is 4.23. The van der Waals surface area contributed by atoms with E-state index in [9.17, 15) is 0 Å². The fraction of sp³-hybridized carbons (Fsp3) is 0.714. The van der Waals surface area contributed by atoms with Crippen LogP contribution in [0.2, 0.25) is 0 Å². The van der Waals surface area contributed by atoms with Gasteiger partial charge >= 0.3 is 0 Å². The molecule has 2 nitrogen and oxygen atoms in total. The van der Waals surface area contributed by atoms with Gasteiger partial charge in [0.1, 0.15) is 0 Å². The summed E-state index contributed by atoms with van der Waals surface area (Å²) in [6.07, 6.45) is 4.88. The van der Waals surface area contributed by atoms with E-state index in [-0.39, 0.29) is 0 Å². The molecule has 1 aliphatic carbocycles. The Bertz CT molecular complexity index is 353. The van der Waals surface area contributed by atoms with E-state index in [0.29, 0.717) is 18.1 Å². The highest BCUT2D eigenvalue weighted by molar-refractivity contribution is 7.12. The van der Waals surface area contributed by atoms with Crippen molar-refractivity contribution in [2.75, 3.05) is 7.05 Å². The van der Waals surface area contributed by atoms with Crippen LogP contribution in [0, 0.1) is 6.92 Å². The van der Waals surface area contributed by atoms with E-state index in [4.69, 9.17) is 5.73 Å². The lowest BCUT2D eigenvalue weighted by Crippen LogP contribution is -2.39. The van der Waals surface area contributed by atoms with Gasteiger partial charge in [-0.15, -0.1) is 11.3 Å². The minimum atomic E-state index is 0.443. The van der Waals surface area contributed by atoms with E-state index < -0.39 is 0 Å². The van der Waals surface area contributed by atoms with Crippen molar-refractivity contribution in [2.24, 2.45) is 5.73 Å². The van der Waals surface area contributed by atoms with E-state index in [0.717, 1.165) is 0 Å². The van der Waals surface area contributed by atoms with Crippen LogP contribution in [0.3, 0.4) is 0 Å². The lowest BCUT2D eigenvalue weighted by atomic mass is 9.90. The molecule has 0 aliphatic heterocycles. The Morgan fingerprint density at radius 1 is 1.29 bits per heavy atom. The van der Waals surface area contributed by atoms with Gasteiger partial charge in [-0.3, -0.25) is 4.90 Å².